The Balaban J connectivity index is 4.01. The van der Waals surface area contributed by atoms with Gasteiger partial charge in [0.25, 0.3) is 0 Å². The number of hydrogen-bond acceptors (Lipinski definition) is 0. The number of alkyl halides is 2. The van der Waals surface area contributed by atoms with E-state index in [2.05, 4.69) is 13.8 Å². The average molecular weight is 220 g/mol. The molecule has 0 radical (unpaired) electrons. The lowest BCUT2D eigenvalue weighted by atomic mass is 9.84. The topological polar surface area (TPSA) is 0 Å². The molecular weight excluding hydrogens is 194 g/mol. The molecule has 0 heterocycles. The average Bonchev–Trinajstić information content (AvgIpc) is 2.22. The lowest BCUT2D eigenvalue weighted by Crippen LogP contribution is -2.28. The summed E-state index contributed by atoms with van der Waals surface area (Å²) in [5.41, 5.74) is 0. The highest BCUT2D eigenvalue weighted by atomic mass is 19.2. The first kappa shape index (κ1) is 14.9. The summed E-state index contributed by atoms with van der Waals surface area (Å²) in [6.07, 6.45) is -0.210. The molecule has 0 N–H and O–H groups in total. The molecule has 0 aromatic heterocycles. The van der Waals surface area contributed by atoms with Crippen molar-refractivity contribution in [1.82, 2.24) is 0 Å². The van der Waals surface area contributed by atoms with Crippen molar-refractivity contribution < 1.29 is 8.78 Å². The molecule has 0 aliphatic rings. The van der Waals surface area contributed by atoms with E-state index < -0.39 is 12.3 Å². The zero-order chi connectivity index (χ0) is 12.0. The Morgan fingerprint density at radius 3 is 1.87 bits per heavy atom. The molecule has 0 amide bonds. The second kappa shape index (κ2) is 7.19. The molecule has 0 fully saturated rings. The summed E-state index contributed by atoms with van der Waals surface area (Å²) < 4.78 is 26.8. The zero-order valence-corrected chi connectivity index (χ0v) is 10.8. The van der Waals surface area contributed by atoms with Crippen molar-refractivity contribution in [3.8, 4) is 0 Å². The Morgan fingerprint density at radius 2 is 1.47 bits per heavy atom. The van der Waals surface area contributed by atoms with Crippen LogP contribution in [0.1, 0.15) is 53.9 Å². The normalized spacial score (nSPS) is 20.0. The largest absolute Gasteiger partial charge is 0.244 e. The van der Waals surface area contributed by atoms with Gasteiger partial charge in [-0.2, -0.15) is 0 Å². The van der Waals surface area contributed by atoms with E-state index >= 15 is 0 Å². The van der Waals surface area contributed by atoms with E-state index in [-0.39, 0.29) is 18.3 Å². The van der Waals surface area contributed by atoms with Gasteiger partial charge in [-0.05, 0) is 24.2 Å². The molecule has 0 nitrogen and oxygen atoms in total. The molecule has 0 bridgehead atoms. The van der Waals surface area contributed by atoms with Gasteiger partial charge in [-0.1, -0.05) is 47.5 Å². The van der Waals surface area contributed by atoms with Crippen molar-refractivity contribution in [2.45, 2.75) is 66.2 Å². The van der Waals surface area contributed by atoms with Gasteiger partial charge in [0.05, 0.1) is 0 Å². The molecule has 2 heteroatoms. The van der Waals surface area contributed by atoms with Crippen LogP contribution in [0.4, 0.5) is 8.78 Å². The van der Waals surface area contributed by atoms with Gasteiger partial charge in [0.2, 0.25) is 0 Å². The summed E-state index contributed by atoms with van der Waals surface area (Å²) in [5, 5.41) is 0. The Kier molecular flexibility index (Phi) is 7.12. The first-order valence-electron chi connectivity index (χ1n) is 6.18. The summed E-state index contributed by atoms with van der Waals surface area (Å²) in [7, 11) is 0. The van der Waals surface area contributed by atoms with Crippen LogP contribution in [-0.2, 0) is 0 Å². The maximum Gasteiger partial charge on any atom is 0.134 e. The fourth-order valence-corrected chi connectivity index (χ4v) is 1.73. The molecule has 0 saturated heterocycles. The Morgan fingerprint density at radius 1 is 0.933 bits per heavy atom. The highest BCUT2D eigenvalue weighted by Crippen LogP contribution is 2.27. The molecule has 4 atom stereocenters. The first-order valence-corrected chi connectivity index (χ1v) is 6.18. The van der Waals surface area contributed by atoms with Gasteiger partial charge in [0.1, 0.15) is 12.3 Å². The second-order valence-corrected chi connectivity index (χ2v) is 5.18. The van der Waals surface area contributed by atoms with E-state index in [0.29, 0.717) is 5.92 Å². The minimum Gasteiger partial charge on any atom is -0.244 e. The van der Waals surface area contributed by atoms with E-state index in [1.165, 1.54) is 0 Å². The number of halogens is 2. The van der Waals surface area contributed by atoms with Crippen molar-refractivity contribution in [2.24, 2.45) is 17.8 Å². The molecule has 0 rings (SSSR count). The van der Waals surface area contributed by atoms with Gasteiger partial charge in [-0.25, -0.2) is 8.78 Å². The molecule has 0 saturated carbocycles. The van der Waals surface area contributed by atoms with Crippen molar-refractivity contribution in [3.05, 3.63) is 0 Å². The lowest BCUT2D eigenvalue weighted by molar-refractivity contribution is 0.0844. The van der Waals surface area contributed by atoms with E-state index in [1.54, 1.807) is 6.92 Å². The Hall–Kier alpha value is -0.140. The summed E-state index contributed by atoms with van der Waals surface area (Å²) in [4.78, 5) is 0. The molecule has 0 aromatic carbocycles. The molecule has 0 aliphatic carbocycles. The molecule has 0 aliphatic heterocycles. The van der Waals surface area contributed by atoms with Gasteiger partial charge < -0.3 is 0 Å². The predicted octanol–water partition coefficient (Wildman–Crippen LogP) is 4.78. The van der Waals surface area contributed by atoms with Crippen LogP contribution >= 0.6 is 0 Å². The standard InChI is InChI=1S/C13H26F2/c1-6-12(14)13(15)11(5)10(4)8-7-9(2)3/h9-13H,6-8H2,1-5H3. The third-order valence-electron chi connectivity index (χ3n) is 3.33. The van der Waals surface area contributed by atoms with Crippen LogP contribution in [-0.4, -0.2) is 12.3 Å². The highest BCUT2D eigenvalue weighted by molar-refractivity contribution is 4.76. The monoisotopic (exact) mass is 220 g/mol. The van der Waals surface area contributed by atoms with Crippen LogP contribution in [0.25, 0.3) is 0 Å². The second-order valence-electron chi connectivity index (χ2n) is 5.18. The van der Waals surface area contributed by atoms with E-state index in [9.17, 15) is 8.78 Å². The number of rotatable bonds is 7. The van der Waals surface area contributed by atoms with Crippen LogP contribution in [0.2, 0.25) is 0 Å². The van der Waals surface area contributed by atoms with E-state index in [0.717, 1.165) is 12.8 Å². The Bertz CT molecular complexity index is 157. The van der Waals surface area contributed by atoms with Crippen LogP contribution in [0.5, 0.6) is 0 Å². The van der Waals surface area contributed by atoms with Gasteiger partial charge >= 0.3 is 0 Å². The zero-order valence-electron chi connectivity index (χ0n) is 10.8. The van der Waals surface area contributed by atoms with Crippen molar-refractivity contribution in [1.29, 1.82) is 0 Å². The SMILES string of the molecule is CCC(F)C(F)C(C)C(C)CCC(C)C. The molecule has 0 spiro atoms. The van der Waals surface area contributed by atoms with E-state index in [4.69, 9.17) is 0 Å². The van der Waals surface area contributed by atoms with Crippen LogP contribution in [0.3, 0.4) is 0 Å². The molecular formula is C13H26F2. The first-order chi connectivity index (χ1) is 6.90. The maximum absolute atomic E-state index is 13.6. The highest BCUT2D eigenvalue weighted by Gasteiger charge is 2.28. The minimum absolute atomic E-state index is 0.168. The van der Waals surface area contributed by atoms with Crippen molar-refractivity contribution in [2.75, 3.05) is 0 Å². The fourth-order valence-electron chi connectivity index (χ4n) is 1.73. The van der Waals surface area contributed by atoms with Crippen LogP contribution < -0.4 is 0 Å². The quantitative estimate of drug-likeness (QED) is 0.579. The molecule has 4 unspecified atom stereocenters. The van der Waals surface area contributed by atoms with Gasteiger partial charge in [0.15, 0.2) is 0 Å². The smallest absolute Gasteiger partial charge is 0.134 e. The third kappa shape index (κ3) is 5.48. The molecule has 15 heavy (non-hydrogen) atoms. The third-order valence-corrected chi connectivity index (χ3v) is 3.33. The summed E-state index contributed by atoms with van der Waals surface area (Å²) in [6.45, 7) is 9.88. The van der Waals surface area contributed by atoms with Gasteiger partial charge in [-0.15, -0.1) is 0 Å². The lowest BCUT2D eigenvalue weighted by Gasteiger charge is -2.25. The molecule has 0 aromatic rings. The van der Waals surface area contributed by atoms with E-state index in [1.807, 2.05) is 13.8 Å². The summed E-state index contributed by atoms with van der Waals surface area (Å²) in [5.74, 6) is 0.746. The predicted molar refractivity (Wildman–Crippen MR) is 62.5 cm³/mol. The van der Waals surface area contributed by atoms with Crippen molar-refractivity contribution >= 4 is 0 Å². The van der Waals surface area contributed by atoms with Crippen molar-refractivity contribution in [3.63, 3.8) is 0 Å². The van der Waals surface area contributed by atoms with Gasteiger partial charge in [0, 0.05) is 0 Å². The summed E-state index contributed by atoms with van der Waals surface area (Å²) in [6, 6.07) is 0. The molecule has 92 valence electrons. The minimum atomic E-state index is -1.29. The summed E-state index contributed by atoms with van der Waals surface area (Å²) >= 11 is 0. The number of hydrogen-bond donors (Lipinski definition) is 0. The van der Waals surface area contributed by atoms with Gasteiger partial charge in [-0.3, -0.25) is 0 Å². The van der Waals surface area contributed by atoms with Crippen LogP contribution in [0, 0.1) is 17.8 Å². The Labute approximate surface area is 93.4 Å². The van der Waals surface area contributed by atoms with Crippen LogP contribution in [0.15, 0.2) is 0 Å². The fraction of sp³-hybridized carbons (Fsp3) is 1.00. The maximum atomic E-state index is 13.6.